The van der Waals surface area contributed by atoms with E-state index in [1.54, 1.807) is 4.57 Å². The van der Waals surface area contributed by atoms with Crippen LogP contribution in [0.3, 0.4) is 0 Å². The molecule has 6 nitrogen and oxygen atoms in total. The predicted octanol–water partition coefficient (Wildman–Crippen LogP) is 3.76. The molecule has 1 aliphatic heterocycles. The van der Waals surface area contributed by atoms with Gasteiger partial charge in [0.2, 0.25) is 5.91 Å². The number of aromatic nitrogens is 2. The highest BCUT2D eigenvalue weighted by Gasteiger charge is 2.24. The number of benzene rings is 1. The van der Waals surface area contributed by atoms with E-state index < -0.39 is 0 Å². The molecule has 0 saturated carbocycles. The number of carbonyl (C=O) groups excluding carboxylic acids is 1. The van der Waals surface area contributed by atoms with Crippen LogP contribution in [-0.2, 0) is 37.3 Å². The van der Waals surface area contributed by atoms with Crippen molar-refractivity contribution in [2.75, 3.05) is 13.1 Å². The normalized spacial score (nSPS) is 16.2. The highest BCUT2D eigenvalue weighted by molar-refractivity contribution is 5.75. The summed E-state index contributed by atoms with van der Waals surface area (Å²) in [5.74, 6) is 0.627. The molecule has 0 atom stereocenters. The Bertz CT molecular complexity index is 1040. The number of hydrogen-bond acceptors (Lipinski definition) is 4. The van der Waals surface area contributed by atoms with Crippen molar-refractivity contribution in [3.8, 4) is 0 Å². The number of allylic oxidation sites excluding steroid dienone is 1. The smallest absolute Gasteiger partial charge is 0.257 e. The molecule has 176 valence electrons. The largest absolute Gasteiger partial charge is 0.354 e. The summed E-state index contributed by atoms with van der Waals surface area (Å²) in [5.41, 5.74) is 4.34. The first-order chi connectivity index (χ1) is 16.1. The zero-order valence-corrected chi connectivity index (χ0v) is 19.8. The topological polar surface area (TPSA) is 67.2 Å². The van der Waals surface area contributed by atoms with Crippen LogP contribution < -0.4 is 10.9 Å². The molecule has 1 aromatic carbocycles. The molecule has 4 rings (SSSR count). The summed E-state index contributed by atoms with van der Waals surface area (Å²) in [6.45, 7) is 5.13. The van der Waals surface area contributed by atoms with Gasteiger partial charge in [-0.1, -0.05) is 48.9 Å². The average molecular weight is 449 g/mol. The zero-order valence-electron chi connectivity index (χ0n) is 19.8. The van der Waals surface area contributed by atoms with Gasteiger partial charge in [0.15, 0.2) is 0 Å². The number of rotatable bonds is 9. The first-order valence-corrected chi connectivity index (χ1v) is 12.5. The molecule has 0 fully saturated rings. The Morgan fingerprint density at radius 1 is 1.12 bits per heavy atom. The monoisotopic (exact) mass is 448 g/mol. The van der Waals surface area contributed by atoms with E-state index in [1.165, 1.54) is 24.0 Å². The number of fused-ring (bicyclic) bond motifs is 1. The molecule has 33 heavy (non-hydrogen) atoms. The minimum atomic E-state index is -0.103. The highest BCUT2D eigenvalue weighted by Crippen LogP contribution is 2.20. The number of amides is 1. The van der Waals surface area contributed by atoms with Gasteiger partial charge < -0.3 is 5.32 Å². The van der Waals surface area contributed by atoms with Crippen LogP contribution >= 0.6 is 0 Å². The fourth-order valence-electron chi connectivity index (χ4n) is 4.88. The Morgan fingerprint density at radius 3 is 2.73 bits per heavy atom. The molecule has 6 heteroatoms. The Labute approximate surface area is 196 Å². The minimum absolute atomic E-state index is 0.0343. The van der Waals surface area contributed by atoms with E-state index in [0.717, 1.165) is 55.9 Å². The summed E-state index contributed by atoms with van der Waals surface area (Å²) >= 11 is 0. The molecule has 0 unspecified atom stereocenters. The van der Waals surface area contributed by atoms with Crippen molar-refractivity contribution < 1.29 is 4.79 Å². The molecule has 0 bridgehead atoms. The van der Waals surface area contributed by atoms with E-state index in [2.05, 4.69) is 47.5 Å². The third-order valence-electron chi connectivity index (χ3n) is 6.66. The number of nitrogens with zero attached hydrogens (tertiary/aromatic N) is 3. The molecule has 0 radical (unpaired) electrons. The molecule has 1 N–H and O–H groups in total. The van der Waals surface area contributed by atoms with Gasteiger partial charge in [-0.3, -0.25) is 19.1 Å². The van der Waals surface area contributed by atoms with Gasteiger partial charge in [0.1, 0.15) is 12.4 Å². The van der Waals surface area contributed by atoms with Crippen LogP contribution in [0.1, 0.15) is 68.1 Å². The Kier molecular flexibility index (Phi) is 8.10. The highest BCUT2D eigenvalue weighted by atomic mass is 16.2. The Balaban J connectivity index is 1.43. The van der Waals surface area contributed by atoms with Gasteiger partial charge in [0.25, 0.3) is 5.56 Å². The maximum atomic E-state index is 13.3. The number of hydrogen-bond donors (Lipinski definition) is 1. The Morgan fingerprint density at radius 2 is 1.97 bits per heavy atom. The van der Waals surface area contributed by atoms with Gasteiger partial charge in [0.05, 0.1) is 5.69 Å². The summed E-state index contributed by atoms with van der Waals surface area (Å²) in [6, 6.07) is 10.4. The van der Waals surface area contributed by atoms with Crippen molar-refractivity contribution in [3.63, 3.8) is 0 Å². The second-order valence-electron chi connectivity index (χ2n) is 9.25. The zero-order chi connectivity index (χ0) is 23.0. The minimum Gasteiger partial charge on any atom is -0.354 e. The number of nitrogens with one attached hydrogen (secondary N) is 1. The number of aryl methyl sites for hydroxylation is 1. The predicted molar refractivity (Wildman–Crippen MR) is 131 cm³/mol. The van der Waals surface area contributed by atoms with E-state index in [4.69, 9.17) is 4.98 Å². The lowest BCUT2D eigenvalue weighted by Crippen LogP contribution is -2.41. The molecule has 2 aliphatic rings. The molecule has 2 aromatic rings. The summed E-state index contributed by atoms with van der Waals surface area (Å²) in [4.78, 5) is 33.2. The standard InChI is InChI=1S/C27H36N4O2/c1-2-9-25-29-24-19-30(18-22-12-7-4-8-13-22)17-15-23(24)27(33)31(25)20-26(32)28-16-14-21-10-5-3-6-11-21/h4,7-8,10,12-13H,2-3,5-6,9,11,14-20H2,1H3,(H,28,32). The van der Waals surface area contributed by atoms with Crippen molar-refractivity contribution in [3.05, 3.63) is 75.0 Å². The van der Waals surface area contributed by atoms with Crippen LogP contribution in [0.2, 0.25) is 0 Å². The van der Waals surface area contributed by atoms with Gasteiger partial charge >= 0.3 is 0 Å². The van der Waals surface area contributed by atoms with Crippen LogP contribution in [-0.4, -0.2) is 33.4 Å². The van der Waals surface area contributed by atoms with Gasteiger partial charge in [-0.05, 0) is 50.5 Å². The molecule has 0 saturated heterocycles. The molecule has 1 aliphatic carbocycles. The molecule has 1 aromatic heterocycles. The van der Waals surface area contributed by atoms with Gasteiger partial charge in [-0.15, -0.1) is 0 Å². The van der Waals surface area contributed by atoms with E-state index >= 15 is 0 Å². The van der Waals surface area contributed by atoms with Gasteiger partial charge in [-0.25, -0.2) is 4.98 Å². The van der Waals surface area contributed by atoms with Gasteiger partial charge in [0, 0.05) is 38.2 Å². The quantitative estimate of drug-likeness (QED) is 0.593. The van der Waals surface area contributed by atoms with Crippen LogP contribution in [0.4, 0.5) is 0 Å². The second kappa shape index (κ2) is 11.4. The first kappa shape index (κ1) is 23.4. The molecular formula is C27H36N4O2. The third kappa shape index (κ3) is 6.20. The van der Waals surface area contributed by atoms with E-state index in [9.17, 15) is 9.59 Å². The van der Waals surface area contributed by atoms with Crippen LogP contribution in [0.5, 0.6) is 0 Å². The van der Waals surface area contributed by atoms with Crippen molar-refractivity contribution >= 4 is 5.91 Å². The van der Waals surface area contributed by atoms with E-state index in [1.807, 2.05) is 6.07 Å². The van der Waals surface area contributed by atoms with Crippen LogP contribution in [0.15, 0.2) is 46.8 Å². The Hall–Kier alpha value is -2.73. The van der Waals surface area contributed by atoms with Crippen molar-refractivity contribution in [2.45, 2.75) is 77.9 Å². The molecule has 0 spiro atoms. The summed E-state index contributed by atoms with van der Waals surface area (Å²) < 4.78 is 1.62. The van der Waals surface area contributed by atoms with E-state index in [-0.39, 0.29) is 18.0 Å². The lowest BCUT2D eigenvalue weighted by Gasteiger charge is -2.29. The van der Waals surface area contributed by atoms with Crippen LogP contribution in [0, 0.1) is 0 Å². The lowest BCUT2D eigenvalue weighted by molar-refractivity contribution is -0.121. The fourth-order valence-corrected chi connectivity index (χ4v) is 4.88. The first-order valence-electron chi connectivity index (χ1n) is 12.5. The van der Waals surface area contributed by atoms with Gasteiger partial charge in [-0.2, -0.15) is 0 Å². The average Bonchev–Trinajstić information content (AvgIpc) is 2.83. The maximum Gasteiger partial charge on any atom is 0.257 e. The van der Waals surface area contributed by atoms with E-state index in [0.29, 0.717) is 25.9 Å². The lowest BCUT2D eigenvalue weighted by atomic mass is 9.97. The summed E-state index contributed by atoms with van der Waals surface area (Å²) in [5, 5.41) is 3.01. The third-order valence-corrected chi connectivity index (χ3v) is 6.66. The summed E-state index contributed by atoms with van der Waals surface area (Å²) in [6.07, 6.45) is 10.3. The SMILES string of the molecule is CCCc1nc2c(c(=O)n1CC(=O)NCCC1=CCCCC1)CCN(Cc1ccccc1)C2. The van der Waals surface area contributed by atoms with Crippen molar-refractivity contribution in [1.29, 1.82) is 0 Å². The maximum absolute atomic E-state index is 13.3. The molecule has 2 heterocycles. The summed E-state index contributed by atoms with van der Waals surface area (Å²) in [7, 11) is 0. The fraction of sp³-hybridized carbons (Fsp3) is 0.519. The molecule has 1 amide bonds. The van der Waals surface area contributed by atoms with Crippen molar-refractivity contribution in [2.24, 2.45) is 0 Å². The molecular weight excluding hydrogens is 412 g/mol. The van der Waals surface area contributed by atoms with Crippen molar-refractivity contribution in [1.82, 2.24) is 19.8 Å². The second-order valence-corrected chi connectivity index (χ2v) is 9.25. The number of carbonyl (C=O) groups is 1. The van der Waals surface area contributed by atoms with Crippen LogP contribution in [0.25, 0.3) is 0 Å².